The molecular formula is C23H22FN3O. The van der Waals surface area contributed by atoms with Crippen LogP contribution in [0.15, 0.2) is 60.9 Å². The third-order valence-electron chi connectivity index (χ3n) is 5.02. The molecule has 28 heavy (non-hydrogen) atoms. The van der Waals surface area contributed by atoms with Crippen LogP contribution in [-0.2, 0) is 0 Å². The zero-order valence-corrected chi connectivity index (χ0v) is 16.1. The smallest absolute Gasteiger partial charge is 0.217 e. The summed E-state index contributed by atoms with van der Waals surface area (Å²) in [6.45, 7) is 4.29. The maximum atomic E-state index is 14.2. The normalized spacial score (nSPS) is 12.5. The first-order chi connectivity index (χ1) is 13.6. The summed E-state index contributed by atoms with van der Waals surface area (Å²) >= 11 is 0. The van der Waals surface area contributed by atoms with Crippen molar-refractivity contribution >= 4 is 10.8 Å². The van der Waals surface area contributed by atoms with Crippen molar-refractivity contribution in [2.75, 3.05) is 7.11 Å². The number of hydrogen-bond donors (Lipinski definition) is 1. The number of pyridine rings is 1. The molecule has 4 nitrogen and oxygen atoms in total. The molecule has 0 amide bonds. The van der Waals surface area contributed by atoms with E-state index in [0.717, 1.165) is 28.0 Å². The van der Waals surface area contributed by atoms with Gasteiger partial charge in [0.25, 0.3) is 0 Å². The summed E-state index contributed by atoms with van der Waals surface area (Å²) < 4.78 is 19.8. The molecule has 0 fully saturated rings. The lowest BCUT2D eigenvalue weighted by Crippen LogP contribution is -2.12. The minimum Gasteiger partial charge on any atom is -0.481 e. The van der Waals surface area contributed by atoms with Crippen molar-refractivity contribution in [2.24, 2.45) is 5.92 Å². The van der Waals surface area contributed by atoms with Crippen LogP contribution >= 0.6 is 0 Å². The number of methoxy groups -OCH3 is 1. The first-order valence-corrected chi connectivity index (χ1v) is 9.31. The number of ether oxygens (including phenoxy) is 1. The van der Waals surface area contributed by atoms with Gasteiger partial charge >= 0.3 is 0 Å². The van der Waals surface area contributed by atoms with E-state index in [1.54, 1.807) is 19.4 Å². The van der Waals surface area contributed by atoms with Gasteiger partial charge in [-0.1, -0.05) is 44.2 Å². The highest BCUT2D eigenvalue weighted by Crippen LogP contribution is 2.36. The number of nitrogens with one attached hydrogen (secondary N) is 1. The Morgan fingerprint density at radius 1 is 1.07 bits per heavy atom. The molecule has 1 atom stereocenters. The van der Waals surface area contributed by atoms with Crippen LogP contribution in [0.4, 0.5) is 4.39 Å². The van der Waals surface area contributed by atoms with Gasteiger partial charge in [0.2, 0.25) is 5.88 Å². The van der Waals surface area contributed by atoms with Crippen molar-refractivity contribution in [3.8, 4) is 17.1 Å². The fourth-order valence-corrected chi connectivity index (χ4v) is 3.68. The maximum absolute atomic E-state index is 14.2. The average molecular weight is 375 g/mol. The number of halogens is 1. The van der Waals surface area contributed by atoms with E-state index in [4.69, 9.17) is 9.72 Å². The van der Waals surface area contributed by atoms with E-state index >= 15 is 0 Å². The monoisotopic (exact) mass is 375 g/mol. The van der Waals surface area contributed by atoms with Crippen molar-refractivity contribution in [3.05, 3.63) is 78.1 Å². The molecule has 1 N–H and O–H groups in total. The van der Waals surface area contributed by atoms with Crippen molar-refractivity contribution < 1.29 is 9.13 Å². The standard InChI is InChI=1S/C23H22FN3O/c1-14(2)21(22-25-11-12-26-22)17-9-10-20(27-23(17)28-3)16-8-7-15-5-4-6-19(24)18(15)13-16/h4-14,21H,1-3H3,(H,25,26). The van der Waals surface area contributed by atoms with Crippen LogP contribution in [0.5, 0.6) is 5.88 Å². The highest BCUT2D eigenvalue weighted by Gasteiger charge is 2.25. The van der Waals surface area contributed by atoms with E-state index in [1.807, 2.05) is 42.6 Å². The molecule has 0 saturated carbocycles. The molecule has 4 aromatic rings. The summed E-state index contributed by atoms with van der Waals surface area (Å²) in [5.41, 5.74) is 2.57. The quantitative estimate of drug-likeness (QED) is 0.497. The number of H-pyrrole nitrogens is 1. The summed E-state index contributed by atoms with van der Waals surface area (Å²) in [6.07, 6.45) is 3.57. The van der Waals surface area contributed by atoms with Gasteiger partial charge in [0.15, 0.2) is 0 Å². The topological polar surface area (TPSA) is 50.8 Å². The number of aromatic nitrogens is 3. The van der Waals surface area contributed by atoms with Gasteiger partial charge in [-0.25, -0.2) is 14.4 Å². The molecular weight excluding hydrogens is 353 g/mol. The third kappa shape index (κ3) is 3.24. The summed E-state index contributed by atoms with van der Waals surface area (Å²) in [4.78, 5) is 12.4. The van der Waals surface area contributed by atoms with Crippen LogP contribution in [0.1, 0.15) is 31.2 Å². The van der Waals surface area contributed by atoms with Crippen LogP contribution in [0.3, 0.4) is 0 Å². The molecule has 0 aliphatic heterocycles. The first kappa shape index (κ1) is 18.2. The molecule has 0 bridgehead atoms. The Morgan fingerprint density at radius 2 is 1.93 bits per heavy atom. The Balaban J connectivity index is 1.80. The number of rotatable bonds is 5. The first-order valence-electron chi connectivity index (χ1n) is 9.31. The van der Waals surface area contributed by atoms with Gasteiger partial charge < -0.3 is 9.72 Å². The lowest BCUT2D eigenvalue weighted by Gasteiger charge is -2.21. The van der Waals surface area contributed by atoms with Crippen LogP contribution in [0.2, 0.25) is 0 Å². The Bertz CT molecular complexity index is 1110. The second-order valence-corrected chi connectivity index (χ2v) is 7.17. The summed E-state index contributed by atoms with van der Waals surface area (Å²) in [5.74, 6) is 1.56. The minimum atomic E-state index is -0.236. The van der Waals surface area contributed by atoms with E-state index < -0.39 is 0 Å². The average Bonchev–Trinajstić information content (AvgIpc) is 3.22. The van der Waals surface area contributed by atoms with Crippen LogP contribution < -0.4 is 4.74 Å². The Kier molecular flexibility index (Phi) is 4.82. The van der Waals surface area contributed by atoms with Crippen LogP contribution in [-0.4, -0.2) is 22.1 Å². The second kappa shape index (κ2) is 7.43. The molecule has 0 aliphatic carbocycles. The zero-order chi connectivity index (χ0) is 19.7. The van der Waals surface area contributed by atoms with E-state index in [1.165, 1.54) is 6.07 Å². The van der Waals surface area contributed by atoms with Gasteiger partial charge in [0, 0.05) is 34.8 Å². The number of nitrogens with zero attached hydrogens (tertiary/aromatic N) is 2. The molecule has 1 unspecified atom stereocenters. The van der Waals surface area contributed by atoms with Gasteiger partial charge in [-0.15, -0.1) is 0 Å². The number of aromatic amines is 1. The number of benzene rings is 2. The Labute approximate surface area is 163 Å². The molecule has 0 spiro atoms. The molecule has 2 aromatic heterocycles. The highest BCUT2D eigenvalue weighted by atomic mass is 19.1. The lowest BCUT2D eigenvalue weighted by molar-refractivity contribution is 0.384. The molecule has 142 valence electrons. The van der Waals surface area contributed by atoms with E-state index in [0.29, 0.717) is 17.2 Å². The molecule has 0 radical (unpaired) electrons. The van der Waals surface area contributed by atoms with Crippen molar-refractivity contribution in [3.63, 3.8) is 0 Å². The molecule has 0 aliphatic rings. The molecule has 0 saturated heterocycles. The second-order valence-electron chi connectivity index (χ2n) is 7.17. The molecule has 2 aromatic carbocycles. The third-order valence-corrected chi connectivity index (χ3v) is 5.02. The predicted octanol–water partition coefficient (Wildman–Crippen LogP) is 5.56. The van der Waals surface area contributed by atoms with Crippen molar-refractivity contribution in [1.82, 2.24) is 15.0 Å². The largest absolute Gasteiger partial charge is 0.481 e. The minimum absolute atomic E-state index is 0.0422. The van der Waals surface area contributed by atoms with Crippen molar-refractivity contribution in [1.29, 1.82) is 0 Å². The van der Waals surface area contributed by atoms with Gasteiger partial charge in [-0.05, 0) is 29.5 Å². The van der Waals surface area contributed by atoms with Gasteiger partial charge in [-0.3, -0.25) is 0 Å². The van der Waals surface area contributed by atoms with Gasteiger partial charge in [0.1, 0.15) is 11.6 Å². The van der Waals surface area contributed by atoms with E-state index in [2.05, 4.69) is 23.8 Å². The van der Waals surface area contributed by atoms with E-state index in [9.17, 15) is 4.39 Å². The fourth-order valence-electron chi connectivity index (χ4n) is 3.68. The van der Waals surface area contributed by atoms with E-state index in [-0.39, 0.29) is 11.7 Å². The van der Waals surface area contributed by atoms with Crippen LogP contribution in [0.25, 0.3) is 22.0 Å². The Morgan fingerprint density at radius 3 is 2.64 bits per heavy atom. The number of imidazole rings is 1. The maximum Gasteiger partial charge on any atom is 0.217 e. The molecule has 2 heterocycles. The fraction of sp³-hybridized carbons (Fsp3) is 0.217. The Hall–Kier alpha value is -3.21. The van der Waals surface area contributed by atoms with Gasteiger partial charge in [-0.2, -0.15) is 0 Å². The van der Waals surface area contributed by atoms with Gasteiger partial charge in [0.05, 0.1) is 12.8 Å². The predicted molar refractivity (Wildman–Crippen MR) is 109 cm³/mol. The van der Waals surface area contributed by atoms with Crippen molar-refractivity contribution in [2.45, 2.75) is 19.8 Å². The lowest BCUT2D eigenvalue weighted by atomic mass is 9.88. The van der Waals surface area contributed by atoms with Crippen LogP contribution in [0, 0.1) is 11.7 Å². The summed E-state index contributed by atoms with van der Waals surface area (Å²) in [7, 11) is 1.62. The summed E-state index contributed by atoms with van der Waals surface area (Å²) in [5, 5.41) is 1.45. The molecule has 5 heteroatoms. The molecule has 4 rings (SSSR count). The highest BCUT2D eigenvalue weighted by molar-refractivity contribution is 5.87. The SMILES string of the molecule is COc1nc(-c2ccc3cccc(F)c3c2)ccc1C(c1ncc[nH]1)C(C)C. The zero-order valence-electron chi connectivity index (χ0n) is 16.1. The number of hydrogen-bond acceptors (Lipinski definition) is 3. The summed E-state index contributed by atoms with van der Waals surface area (Å²) in [6, 6.07) is 14.8. The number of fused-ring (bicyclic) bond motifs is 1.